The van der Waals surface area contributed by atoms with Crippen molar-refractivity contribution in [1.82, 2.24) is 24.3 Å². The average Bonchev–Trinajstić information content (AvgIpc) is 3.27. The van der Waals surface area contributed by atoms with Crippen LogP contribution in [0.2, 0.25) is 0 Å². The molecule has 5 heteroatoms. The lowest BCUT2D eigenvalue weighted by Crippen LogP contribution is -2.04. The van der Waals surface area contributed by atoms with Crippen molar-refractivity contribution < 1.29 is 0 Å². The molecule has 1 aliphatic rings. The molecule has 0 aromatic carbocycles. The van der Waals surface area contributed by atoms with Gasteiger partial charge in [-0.25, -0.2) is 9.97 Å². The summed E-state index contributed by atoms with van der Waals surface area (Å²) in [7, 11) is 0. The predicted molar refractivity (Wildman–Crippen MR) is 93.9 cm³/mol. The molecular formula is C19H19N5. The van der Waals surface area contributed by atoms with E-state index >= 15 is 0 Å². The molecule has 4 aromatic rings. The number of nitrogens with one attached hydrogen (secondary N) is 1. The van der Waals surface area contributed by atoms with E-state index in [1.165, 1.54) is 37.8 Å². The van der Waals surface area contributed by atoms with Gasteiger partial charge in [-0.2, -0.15) is 0 Å². The Morgan fingerprint density at radius 2 is 2.04 bits per heavy atom. The lowest BCUT2D eigenvalue weighted by Gasteiger charge is -2.19. The van der Waals surface area contributed by atoms with E-state index in [1.54, 1.807) is 6.20 Å². The highest BCUT2D eigenvalue weighted by Gasteiger charge is 2.20. The van der Waals surface area contributed by atoms with Crippen molar-refractivity contribution in [2.45, 2.75) is 38.0 Å². The van der Waals surface area contributed by atoms with Gasteiger partial charge in [-0.3, -0.25) is 9.38 Å². The maximum atomic E-state index is 4.87. The van der Waals surface area contributed by atoms with Crippen LogP contribution >= 0.6 is 0 Å². The number of H-pyrrole nitrogens is 1. The molecule has 0 aliphatic heterocycles. The van der Waals surface area contributed by atoms with E-state index in [0.717, 1.165) is 27.9 Å². The van der Waals surface area contributed by atoms with Gasteiger partial charge in [0.25, 0.3) is 0 Å². The quantitative estimate of drug-likeness (QED) is 0.599. The molecule has 1 N–H and O–H groups in total. The van der Waals surface area contributed by atoms with Crippen molar-refractivity contribution in [3.63, 3.8) is 0 Å². The molecule has 0 bridgehead atoms. The van der Waals surface area contributed by atoms with Gasteiger partial charge in [0.1, 0.15) is 0 Å². The molecule has 0 amide bonds. The Morgan fingerprint density at radius 3 is 2.88 bits per heavy atom. The van der Waals surface area contributed by atoms with Gasteiger partial charge in [0.05, 0.1) is 17.4 Å². The SMILES string of the molecule is c1cncc(-c2c[nH]c3ncc4nc(C5CCCCC5)cn4c23)c1. The molecule has 1 aliphatic carbocycles. The molecule has 1 fully saturated rings. The van der Waals surface area contributed by atoms with E-state index in [-0.39, 0.29) is 0 Å². The van der Waals surface area contributed by atoms with Gasteiger partial charge in [0.2, 0.25) is 0 Å². The second-order valence-electron chi connectivity index (χ2n) is 6.63. The molecule has 0 saturated heterocycles. The lowest BCUT2D eigenvalue weighted by atomic mass is 9.87. The van der Waals surface area contributed by atoms with Crippen molar-refractivity contribution in [3.8, 4) is 11.1 Å². The summed E-state index contributed by atoms with van der Waals surface area (Å²) in [6, 6.07) is 4.04. The number of hydrogen-bond donors (Lipinski definition) is 1. The second kappa shape index (κ2) is 5.44. The fourth-order valence-electron chi connectivity index (χ4n) is 3.89. The summed E-state index contributed by atoms with van der Waals surface area (Å²) in [5.41, 5.74) is 6.30. The number of aromatic amines is 1. The van der Waals surface area contributed by atoms with Gasteiger partial charge in [-0.05, 0) is 18.9 Å². The second-order valence-corrected chi connectivity index (χ2v) is 6.63. The third-order valence-electron chi connectivity index (χ3n) is 5.13. The molecule has 120 valence electrons. The molecule has 1 saturated carbocycles. The first kappa shape index (κ1) is 13.7. The predicted octanol–water partition coefficient (Wildman–Crippen LogP) is 4.32. The zero-order valence-electron chi connectivity index (χ0n) is 13.4. The minimum Gasteiger partial charge on any atom is -0.344 e. The summed E-state index contributed by atoms with van der Waals surface area (Å²) < 4.78 is 2.19. The molecule has 0 atom stereocenters. The summed E-state index contributed by atoms with van der Waals surface area (Å²) in [5, 5.41) is 0. The van der Waals surface area contributed by atoms with Crippen molar-refractivity contribution in [2.75, 3.05) is 0 Å². The highest BCUT2D eigenvalue weighted by atomic mass is 15.1. The monoisotopic (exact) mass is 317 g/mol. The fraction of sp³-hybridized carbons (Fsp3) is 0.316. The van der Waals surface area contributed by atoms with Gasteiger partial charge < -0.3 is 4.98 Å². The number of rotatable bonds is 2. The number of hydrogen-bond acceptors (Lipinski definition) is 3. The summed E-state index contributed by atoms with van der Waals surface area (Å²) in [5.74, 6) is 0.592. The van der Waals surface area contributed by atoms with Crippen LogP contribution in [0.1, 0.15) is 43.7 Å². The summed E-state index contributed by atoms with van der Waals surface area (Å²) in [6.07, 6.45) is 16.3. The lowest BCUT2D eigenvalue weighted by molar-refractivity contribution is 0.438. The highest BCUT2D eigenvalue weighted by Crippen LogP contribution is 2.34. The zero-order chi connectivity index (χ0) is 15.9. The summed E-state index contributed by atoms with van der Waals surface area (Å²) in [6.45, 7) is 0. The summed E-state index contributed by atoms with van der Waals surface area (Å²) >= 11 is 0. The van der Waals surface area contributed by atoms with Crippen LogP contribution in [0.4, 0.5) is 0 Å². The van der Waals surface area contributed by atoms with Crippen LogP contribution < -0.4 is 0 Å². The molecule has 4 aromatic heterocycles. The van der Waals surface area contributed by atoms with Crippen molar-refractivity contribution in [1.29, 1.82) is 0 Å². The van der Waals surface area contributed by atoms with Crippen LogP contribution in [-0.4, -0.2) is 24.3 Å². The normalized spacial score (nSPS) is 16.2. The summed E-state index contributed by atoms with van der Waals surface area (Å²) in [4.78, 5) is 17.0. The van der Waals surface area contributed by atoms with Crippen LogP contribution in [0.15, 0.2) is 43.1 Å². The van der Waals surface area contributed by atoms with E-state index in [4.69, 9.17) is 4.98 Å². The zero-order valence-corrected chi connectivity index (χ0v) is 13.4. The third-order valence-corrected chi connectivity index (χ3v) is 5.13. The number of pyridine rings is 1. The van der Waals surface area contributed by atoms with Crippen LogP contribution in [0.5, 0.6) is 0 Å². The maximum absolute atomic E-state index is 4.87. The van der Waals surface area contributed by atoms with E-state index in [0.29, 0.717) is 5.92 Å². The van der Waals surface area contributed by atoms with Gasteiger partial charge in [-0.15, -0.1) is 0 Å². The van der Waals surface area contributed by atoms with Gasteiger partial charge in [0.15, 0.2) is 11.3 Å². The third kappa shape index (κ3) is 2.12. The molecule has 24 heavy (non-hydrogen) atoms. The first-order chi connectivity index (χ1) is 11.9. The van der Waals surface area contributed by atoms with Crippen molar-refractivity contribution >= 4 is 16.8 Å². The maximum Gasteiger partial charge on any atom is 0.156 e. The molecule has 0 spiro atoms. The Bertz CT molecular complexity index is 993. The number of aromatic nitrogens is 5. The molecule has 0 radical (unpaired) electrons. The van der Waals surface area contributed by atoms with Crippen LogP contribution in [0, 0.1) is 0 Å². The minimum absolute atomic E-state index is 0.592. The Kier molecular flexibility index (Phi) is 3.11. The molecule has 0 unspecified atom stereocenters. The molecule has 4 heterocycles. The largest absolute Gasteiger partial charge is 0.344 e. The number of fused-ring (bicyclic) bond motifs is 3. The van der Waals surface area contributed by atoms with Gasteiger partial charge in [-0.1, -0.05) is 25.3 Å². The Hall–Kier alpha value is -2.69. The first-order valence-electron chi connectivity index (χ1n) is 8.65. The minimum atomic E-state index is 0.592. The smallest absolute Gasteiger partial charge is 0.156 e. The highest BCUT2D eigenvalue weighted by molar-refractivity contribution is 5.91. The fourth-order valence-corrected chi connectivity index (χ4v) is 3.89. The average molecular weight is 317 g/mol. The topological polar surface area (TPSA) is 58.9 Å². The standard InChI is InChI=1S/C19H19N5/c1-2-5-13(6-3-1)16-12-24-17(23-16)11-22-19-18(24)15(10-21-19)14-7-4-8-20-9-14/h4,7-13,21H,1-3,5-6H2. The molecule has 5 rings (SSSR count). The van der Waals surface area contributed by atoms with E-state index in [1.807, 2.05) is 24.7 Å². The van der Waals surface area contributed by atoms with Crippen molar-refractivity contribution in [2.24, 2.45) is 0 Å². The van der Waals surface area contributed by atoms with E-state index in [9.17, 15) is 0 Å². The number of nitrogens with zero attached hydrogens (tertiary/aromatic N) is 4. The van der Waals surface area contributed by atoms with Crippen LogP contribution in [-0.2, 0) is 0 Å². The van der Waals surface area contributed by atoms with Crippen LogP contribution in [0.25, 0.3) is 27.9 Å². The number of imidazole rings is 1. The van der Waals surface area contributed by atoms with Gasteiger partial charge in [0, 0.05) is 41.8 Å². The first-order valence-corrected chi connectivity index (χ1v) is 8.65. The van der Waals surface area contributed by atoms with Crippen molar-refractivity contribution in [3.05, 3.63) is 48.8 Å². The Morgan fingerprint density at radius 1 is 1.12 bits per heavy atom. The Labute approximate surface area is 139 Å². The molecule has 5 nitrogen and oxygen atoms in total. The van der Waals surface area contributed by atoms with Crippen LogP contribution in [0.3, 0.4) is 0 Å². The van der Waals surface area contributed by atoms with Gasteiger partial charge >= 0.3 is 0 Å². The van der Waals surface area contributed by atoms with E-state index < -0.39 is 0 Å². The van der Waals surface area contributed by atoms with E-state index in [2.05, 4.69) is 31.6 Å². The Balaban J connectivity index is 1.71. The molecular weight excluding hydrogens is 298 g/mol.